The standard InChI is InChI=1S/C45H79O14P/c1-3-5-7-9-11-12-13-14-15-16-17-18-20-24-28-32-38(47)56-34-37(35-57-60(54,55)59-45-43(52)41(50)40(49)42(51)44(45)53)58-39(48)33-29-25-21-23-27-31-36(46)30-26-22-19-10-8-6-4-2/h6,8,14-15,19,22,26,30,36-37,40-46,49-53H,3-5,7,9-13,16-18,20-21,23-25,27-29,31-35H2,1-2H3,(H,54,55)/b8-6+,15-14-,22-19+,30-26+/t36?,37-,40?,41-,42+,43-,44-,45?/m1/s1. The van der Waals surface area contributed by atoms with E-state index in [1.807, 2.05) is 18.2 Å². The van der Waals surface area contributed by atoms with Crippen molar-refractivity contribution in [2.24, 2.45) is 0 Å². The molecule has 1 rings (SSSR count). The molecule has 9 atom stereocenters. The third-order valence-electron chi connectivity index (χ3n) is 10.3. The lowest BCUT2D eigenvalue weighted by Crippen LogP contribution is -2.64. The van der Waals surface area contributed by atoms with Crippen molar-refractivity contribution in [2.45, 2.75) is 210 Å². The number of phosphoric acid groups is 1. The molecule has 15 heteroatoms. The van der Waals surface area contributed by atoms with Crippen molar-refractivity contribution in [1.29, 1.82) is 0 Å². The predicted octanol–water partition coefficient (Wildman–Crippen LogP) is 7.36. The zero-order valence-electron chi connectivity index (χ0n) is 36.4. The molecule has 60 heavy (non-hydrogen) atoms. The Morgan fingerprint density at radius 1 is 0.617 bits per heavy atom. The van der Waals surface area contributed by atoms with Gasteiger partial charge in [-0.25, -0.2) is 4.57 Å². The molecule has 1 fully saturated rings. The van der Waals surface area contributed by atoms with Crippen molar-refractivity contribution >= 4 is 19.8 Å². The SMILES string of the molecule is CC/C=C/C/C=C/C=C/C(O)CCCCCCCC(=O)O[C@H](COC(=O)CCCCCCC/C=C\CCCCCCCC)COP(=O)(O)OC1[C@H](O)[C@H](O)C(O)[C@H](O)[C@H]1O. The van der Waals surface area contributed by atoms with Gasteiger partial charge < -0.3 is 45.0 Å². The van der Waals surface area contributed by atoms with Crippen LogP contribution in [0.15, 0.2) is 48.6 Å². The summed E-state index contributed by atoms with van der Waals surface area (Å²) >= 11 is 0. The van der Waals surface area contributed by atoms with Gasteiger partial charge in [-0.15, -0.1) is 0 Å². The van der Waals surface area contributed by atoms with E-state index in [1.165, 1.54) is 38.5 Å². The van der Waals surface area contributed by atoms with Gasteiger partial charge in [0.25, 0.3) is 0 Å². The van der Waals surface area contributed by atoms with Gasteiger partial charge in [0.05, 0.1) is 12.7 Å². The molecule has 0 heterocycles. The van der Waals surface area contributed by atoms with Crippen LogP contribution in [-0.4, -0.2) is 110 Å². The monoisotopic (exact) mass is 875 g/mol. The highest BCUT2D eigenvalue weighted by Crippen LogP contribution is 2.47. The van der Waals surface area contributed by atoms with E-state index < -0.39 is 81.8 Å². The van der Waals surface area contributed by atoms with E-state index in [-0.39, 0.29) is 12.8 Å². The van der Waals surface area contributed by atoms with E-state index >= 15 is 0 Å². The van der Waals surface area contributed by atoms with E-state index in [4.69, 9.17) is 18.5 Å². The van der Waals surface area contributed by atoms with Crippen molar-refractivity contribution in [2.75, 3.05) is 13.2 Å². The first-order valence-electron chi connectivity index (χ1n) is 22.5. The molecule has 0 amide bonds. The van der Waals surface area contributed by atoms with Crippen molar-refractivity contribution in [3.8, 4) is 0 Å². The topological polar surface area (TPSA) is 230 Å². The normalized spacial score (nSPS) is 23.1. The van der Waals surface area contributed by atoms with Crippen LogP contribution in [0.1, 0.15) is 162 Å². The van der Waals surface area contributed by atoms with Gasteiger partial charge in [-0.2, -0.15) is 0 Å². The maximum absolute atomic E-state index is 12.8. The molecule has 0 aromatic heterocycles. The molecule has 1 aliphatic carbocycles. The molecule has 1 saturated carbocycles. The average molecular weight is 875 g/mol. The van der Waals surface area contributed by atoms with Gasteiger partial charge in [-0.05, 0) is 57.8 Å². The van der Waals surface area contributed by atoms with Crippen LogP contribution in [0.5, 0.6) is 0 Å². The van der Waals surface area contributed by atoms with Crippen LogP contribution in [0.3, 0.4) is 0 Å². The van der Waals surface area contributed by atoms with Crippen LogP contribution in [0.4, 0.5) is 0 Å². The molecule has 0 saturated heterocycles. The molecule has 0 aliphatic heterocycles. The van der Waals surface area contributed by atoms with Gasteiger partial charge in [-0.3, -0.25) is 18.6 Å². The minimum Gasteiger partial charge on any atom is -0.462 e. The highest BCUT2D eigenvalue weighted by Gasteiger charge is 2.51. The van der Waals surface area contributed by atoms with Gasteiger partial charge in [-0.1, -0.05) is 140 Å². The van der Waals surface area contributed by atoms with Crippen molar-refractivity contribution in [3.05, 3.63) is 48.6 Å². The first-order chi connectivity index (χ1) is 28.8. The molecular formula is C45H79O14P. The molecule has 7 N–H and O–H groups in total. The summed E-state index contributed by atoms with van der Waals surface area (Å²) in [6.07, 6.45) is 23.2. The number of aliphatic hydroxyl groups excluding tert-OH is 6. The van der Waals surface area contributed by atoms with Crippen LogP contribution in [0, 0.1) is 0 Å². The Morgan fingerprint density at radius 2 is 1.15 bits per heavy atom. The Morgan fingerprint density at radius 3 is 1.75 bits per heavy atom. The first kappa shape index (κ1) is 55.8. The fourth-order valence-electron chi connectivity index (χ4n) is 6.58. The molecule has 0 radical (unpaired) electrons. The number of carbonyl (C=O) groups is 2. The molecule has 0 aromatic rings. The maximum atomic E-state index is 12.8. The smallest absolute Gasteiger partial charge is 0.462 e. The largest absolute Gasteiger partial charge is 0.472 e. The molecular weight excluding hydrogens is 795 g/mol. The van der Waals surface area contributed by atoms with Gasteiger partial charge in [0.2, 0.25) is 0 Å². The van der Waals surface area contributed by atoms with E-state index in [1.54, 1.807) is 6.08 Å². The minimum atomic E-state index is -5.15. The number of carbonyl (C=O) groups excluding carboxylic acids is 2. The number of hydrogen-bond donors (Lipinski definition) is 7. The molecule has 4 unspecified atom stereocenters. The minimum absolute atomic E-state index is 0.0242. The van der Waals surface area contributed by atoms with E-state index in [0.29, 0.717) is 19.3 Å². The summed E-state index contributed by atoms with van der Waals surface area (Å²) in [7, 11) is -5.15. The first-order valence-corrected chi connectivity index (χ1v) is 24.0. The Bertz CT molecular complexity index is 1260. The zero-order chi connectivity index (χ0) is 44.4. The number of unbranched alkanes of at least 4 members (excludes halogenated alkanes) is 15. The summed E-state index contributed by atoms with van der Waals surface area (Å²) in [5.41, 5.74) is 0. The van der Waals surface area contributed by atoms with Crippen molar-refractivity contribution < 1.29 is 68.2 Å². The maximum Gasteiger partial charge on any atom is 0.472 e. The second-order valence-electron chi connectivity index (χ2n) is 15.7. The molecule has 1 aliphatic rings. The molecule has 348 valence electrons. The number of allylic oxidation sites excluding steroid dienone is 7. The number of phosphoric ester groups is 1. The second kappa shape index (κ2) is 35.3. The lowest BCUT2D eigenvalue weighted by atomic mass is 9.85. The summed E-state index contributed by atoms with van der Waals surface area (Å²) in [6.45, 7) is 3.06. The lowest BCUT2D eigenvalue weighted by Gasteiger charge is -2.41. The number of rotatable bonds is 36. The highest BCUT2D eigenvalue weighted by atomic mass is 31.2. The van der Waals surface area contributed by atoms with Gasteiger partial charge >= 0.3 is 19.8 Å². The second-order valence-corrected chi connectivity index (χ2v) is 17.1. The lowest BCUT2D eigenvalue weighted by molar-refractivity contribution is -0.220. The molecule has 0 aromatic carbocycles. The number of hydrogen-bond acceptors (Lipinski definition) is 13. The van der Waals surface area contributed by atoms with Gasteiger partial charge in [0.15, 0.2) is 6.10 Å². The number of ether oxygens (including phenoxy) is 2. The third-order valence-corrected chi connectivity index (χ3v) is 11.2. The van der Waals surface area contributed by atoms with Crippen LogP contribution in [0.25, 0.3) is 0 Å². The van der Waals surface area contributed by atoms with Crippen LogP contribution in [0.2, 0.25) is 0 Å². The van der Waals surface area contributed by atoms with Crippen LogP contribution < -0.4 is 0 Å². The average Bonchev–Trinajstić information content (AvgIpc) is 3.22. The Balaban J connectivity index is 2.52. The fourth-order valence-corrected chi connectivity index (χ4v) is 7.56. The summed E-state index contributed by atoms with van der Waals surface area (Å²) < 4.78 is 33.4. The van der Waals surface area contributed by atoms with Crippen molar-refractivity contribution in [1.82, 2.24) is 0 Å². The Kier molecular flexibility index (Phi) is 32.8. The summed E-state index contributed by atoms with van der Waals surface area (Å²) in [4.78, 5) is 35.7. The molecule has 0 bridgehead atoms. The number of aliphatic hydroxyl groups is 6. The molecule has 0 spiro atoms. The van der Waals surface area contributed by atoms with Crippen molar-refractivity contribution in [3.63, 3.8) is 0 Å². The summed E-state index contributed by atoms with van der Waals surface area (Å²) in [6, 6.07) is 0. The molecule has 14 nitrogen and oxygen atoms in total. The van der Waals surface area contributed by atoms with E-state index in [2.05, 4.69) is 38.2 Å². The predicted molar refractivity (Wildman–Crippen MR) is 232 cm³/mol. The highest BCUT2D eigenvalue weighted by molar-refractivity contribution is 7.47. The quantitative estimate of drug-likeness (QED) is 0.0107. The number of esters is 2. The fraction of sp³-hybridized carbons (Fsp3) is 0.778. The van der Waals surface area contributed by atoms with Gasteiger partial charge in [0, 0.05) is 12.8 Å². The Hall–Kier alpha value is -2.23. The van der Waals surface area contributed by atoms with Gasteiger partial charge in [0.1, 0.15) is 43.2 Å². The van der Waals surface area contributed by atoms with E-state index in [0.717, 1.165) is 77.0 Å². The summed E-state index contributed by atoms with van der Waals surface area (Å²) in [5, 5.41) is 60.3. The van der Waals surface area contributed by atoms with Crippen LogP contribution >= 0.6 is 7.82 Å². The zero-order valence-corrected chi connectivity index (χ0v) is 37.2. The third kappa shape index (κ3) is 27.7. The van der Waals surface area contributed by atoms with Crippen LogP contribution in [-0.2, 0) is 32.7 Å². The van der Waals surface area contributed by atoms with E-state index in [9.17, 15) is 49.7 Å². The summed E-state index contributed by atoms with van der Waals surface area (Å²) in [5.74, 6) is -1.19. The Labute approximate surface area is 359 Å².